The van der Waals surface area contributed by atoms with Gasteiger partial charge in [0.05, 0.1) is 6.20 Å². The molecule has 0 atom stereocenters. The highest BCUT2D eigenvalue weighted by Gasteiger charge is 2.16. The Balaban J connectivity index is 2.54. The average Bonchev–Trinajstić information content (AvgIpc) is 2.36. The molecule has 0 N–H and O–H groups in total. The summed E-state index contributed by atoms with van der Waals surface area (Å²) in [6, 6.07) is 5.46. The van der Waals surface area contributed by atoms with Crippen molar-refractivity contribution < 1.29 is 17.9 Å². The van der Waals surface area contributed by atoms with Gasteiger partial charge in [-0.2, -0.15) is 18.6 Å². The van der Waals surface area contributed by atoms with Gasteiger partial charge < -0.3 is 4.74 Å². The van der Waals surface area contributed by atoms with Gasteiger partial charge in [0.1, 0.15) is 16.0 Å². The van der Waals surface area contributed by atoms with Crippen molar-refractivity contribution in [3.05, 3.63) is 51.1 Å². The van der Waals surface area contributed by atoms with E-state index < -0.39 is 23.7 Å². The van der Waals surface area contributed by atoms with E-state index in [1.54, 1.807) is 0 Å². The molecule has 0 aliphatic heterocycles. The van der Waals surface area contributed by atoms with Crippen LogP contribution in [0.4, 0.5) is 13.2 Å². The molecule has 0 aliphatic rings. The largest absolute Gasteiger partial charge is 0.432 e. The fraction of sp³-hybridized carbons (Fsp3) is 0.0909. The maximum absolute atomic E-state index is 13.5. The molecule has 1 heterocycles. The van der Waals surface area contributed by atoms with Crippen LogP contribution in [0, 0.1) is 5.82 Å². The first-order chi connectivity index (χ1) is 9.00. The molecule has 0 unspecified atom stereocenters. The topological polar surface area (TPSA) is 44.1 Å². The van der Waals surface area contributed by atoms with E-state index in [1.807, 2.05) is 0 Å². The number of alkyl halides is 2. The van der Waals surface area contributed by atoms with Crippen LogP contribution >= 0.6 is 15.9 Å². The lowest BCUT2D eigenvalue weighted by molar-refractivity contribution is -0.0508. The Morgan fingerprint density at radius 2 is 2.00 bits per heavy atom. The first-order valence-corrected chi connectivity index (χ1v) is 5.77. The number of para-hydroxylation sites is 1. The van der Waals surface area contributed by atoms with Crippen molar-refractivity contribution >= 4 is 15.9 Å². The molecule has 1 aromatic heterocycles. The van der Waals surface area contributed by atoms with Crippen LogP contribution in [0.5, 0.6) is 5.75 Å². The summed E-state index contributed by atoms with van der Waals surface area (Å²) in [6.45, 7) is -3.08. The molecule has 2 rings (SSSR count). The van der Waals surface area contributed by atoms with E-state index in [4.69, 9.17) is 0 Å². The minimum absolute atomic E-state index is 0.0863. The Hall–Kier alpha value is -1.83. The maximum atomic E-state index is 13.5. The van der Waals surface area contributed by atoms with Crippen LogP contribution in [0.25, 0.3) is 5.69 Å². The second-order valence-electron chi connectivity index (χ2n) is 3.37. The summed E-state index contributed by atoms with van der Waals surface area (Å²) in [6.07, 6.45) is 0.907. The molecule has 0 amide bonds. The molecule has 0 bridgehead atoms. The number of halogens is 4. The zero-order chi connectivity index (χ0) is 14.0. The van der Waals surface area contributed by atoms with E-state index in [0.717, 1.165) is 16.9 Å². The zero-order valence-electron chi connectivity index (χ0n) is 9.19. The highest BCUT2D eigenvalue weighted by Crippen LogP contribution is 2.22. The predicted molar refractivity (Wildman–Crippen MR) is 64.1 cm³/mol. The minimum atomic E-state index is -3.08. The van der Waals surface area contributed by atoms with Crippen molar-refractivity contribution in [3.63, 3.8) is 0 Å². The Labute approximate surface area is 113 Å². The van der Waals surface area contributed by atoms with Gasteiger partial charge in [0.25, 0.3) is 5.56 Å². The third-order valence-electron chi connectivity index (χ3n) is 2.18. The second kappa shape index (κ2) is 5.43. The van der Waals surface area contributed by atoms with Crippen molar-refractivity contribution in [2.75, 3.05) is 0 Å². The molecule has 8 heteroatoms. The van der Waals surface area contributed by atoms with Crippen LogP contribution in [0.3, 0.4) is 0 Å². The summed E-state index contributed by atoms with van der Waals surface area (Å²) in [5, 5.41) is 3.60. The summed E-state index contributed by atoms with van der Waals surface area (Å²) in [5.74, 6) is -1.07. The molecular formula is C11H6BrF3N2O2. The summed E-state index contributed by atoms with van der Waals surface area (Å²) in [4.78, 5) is 11.9. The predicted octanol–water partition coefficient (Wildman–Crippen LogP) is 2.74. The van der Waals surface area contributed by atoms with E-state index in [-0.39, 0.29) is 10.2 Å². The van der Waals surface area contributed by atoms with Crippen LogP contribution < -0.4 is 10.3 Å². The maximum Gasteiger partial charge on any atom is 0.387 e. The molecule has 0 radical (unpaired) electrons. The van der Waals surface area contributed by atoms with Gasteiger partial charge in [-0.3, -0.25) is 4.79 Å². The molecule has 0 spiro atoms. The lowest BCUT2D eigenvalue weighted by Gasteiger charge is -2.09. The van der Waals surface area contributed by atoms with Gasteiger partial charge in [-0.05, 0) is 28.1 Å². The van der Waals surface area contributed by atoms with Crippen molar-refractivity contribution in [2.45, 2.75) is 6.61 Å². The number of aromatic nitrogens is 2. The smallest absolute Gasteiger partial charge is 0.387 e. The number of nitrogens with zero attached hydrogens (tertiary/aromatic N) is 2. The van der Waals surface area contributed by atoms with E-state index in [2.05, 4.69) is 25.8 Å². The van der Waals surface area contributed by atoms with Gasteiger partial charge in [-0.1, -0.05) is 12.1 Å². The normalized spacial score (nSPS) is 10.8. The summed E-state index contributed by atoms with van der Waals surface area (Å²) in [5.41, 5.74) is -0.889. The third kappa shape index (κ3) is 2.78. The molecular weight excluding hydrogens is 329 g/mol. The summed E-state index contributed by atoms with van der Waals surface area (Å²) in [7, 11) is 0. The van der Waals surface area contributed by atoms with Crippen LogP contribution in [0.2, 0.25) is 0 Å². The molecule has 4 nitrogen and oxygen atoms in total. The minimum Gasteiger partial charge on any atom is -0.432 e. The SMILES string of the molecule is O=c1c(Br)c(OC(F)F)cnn1-c1ccccc1F. The Morgan fingerprint density at radius 3 is 2.63 bits per heavy atom. The fourth-order valence-electron chi connectivity index (χ4n) is 1.39. The summed E-state index contributed by atoms with van der Waals surface area (Å²) >= 11 is 2.83. The van der Waals surface area contributed by atoms with Gasteiger partial charge in [0, 0.05) is 0 Å². The molecule has 1 aromatic carbocycles. The van der Waals surface area contributed by atoms with Crippen LogP contribution in [-0.4, -0.2) is 16.4 Å². The van der Waals surface area contributed by atoms with Gasteiger partial charge in [0.15, 0.2) is 5.75 Å². The fourth-order valence-corrected chi connectivity index (χ4v) is 1.75. The van der Waals surface area contributed by atoms with Crippen LogP contribution in [0.15, 0.2) is 39.7 Å². The Morgan fingerprint density at radius 1 is 1.32 bits per heavy atom. The quantitative estimate of drug-likeness (QED) is 0.866. The Kier molecular flexibility index (Phi) is 3.89. The van der Waals surface area contributed by atoms with E-state index in [0.29, 0.717) is 0 Å². The van der Waals surface area contributed by atoms with E-state index >= 15 is 0 Å². The molecule has 100 valence electrons. The molecule has 0 fully saturated rings. The van der Waals surface area contributed by atoms with Gasteiger partial charge in [0.2, 0.25) is 0 Å². The highest BCUT2D eigenvalue weighted by atomic mass is 79.9. The van der Waals surface area contributed by atoms with Crippen molar-refractivity contribution in [3.8, 4) is 11.4 Å². The highest BCUT2D eigenvalue weighted by molar-refractivity contribution is 9.10. The van der Waals surface area contributed by atoms with Crippen molar-refractivity contribution in [2.24, 2.45) is 0 Å². The lowest BCUT2D eigenvalue weighted by Crippen LogP contribution is -2.23. The molecule has 0 saturated carbocycles. The van der Waals surface area contributed by atoms with Crippen molar-refractivity contribution in [1.82, 2.24) is 9.78 Å². The van der Waals surface area contributed by atoms with Gasteiger partial charge >= 0.3 is 6.61 Å². The third-order valence-corrected chi connectivity index (χ3v) is 2.91. The zero-order valence-corrected chi connectivity index (χ0v) is 10.8. The second-order valence-corrected chi connectivity index (χ2v) is 4.16. The molecule has 0 saturated heterocycles. The summed E-state index contributed by atoms with van der Waals surface area (Å²) < 4.78 is 42.3. The van der Waals surface area contributed by atoms with Gasteiger partial charge in [-0.25, -0.2) is 4.39 Å². The number of benzene rings is 1. The van der Waals surface area contributed by atoms with Crippen LogP contribution in [-0.2, 0) is 0 Å². The standard InChI is InChI=1S/C11H6BrF3N2O2/c12-9-8(19-11(14)15)5-16-17(10(9)18)7-4-2-1-3-6(7)13/h1-5,11H. The molecule has 0 aliphatic carbocycles. The number of hydrogen-bond acceptors (Lipinski definition) is 3. The first kappa shape index (κ1) is 13.6. The van der Waals surface area contributed by atoms with Gasteiger partial charge in [-0.15, -0.1) is 0 Å². The average molecular weight is 335 g/mol. The first-order valence-electron chi connectivity index (χ1n) is 4.98. The molecule has 19 heavy (non-hydrogen) atoms. The van der Waals surface area contributed by atoms with Crippen molar-refractivity contribution in [1.29, 1.82) is 0 Å². The van der Waals surface area contributed by atoms with Crippen LogP contribution in [0.1, 0.15) is 0 Å². The van der Waals surface area contributed by atoms with E-state index in [9.17, 15) is 18.0 Å². The number of rotatable bonds is 3. The monoisotopic (exact) mass is 334 g/mol. The molecule has 2 aromatic rings. The number of hydrogen-bond donors (Lipinski definition) is 0. The van der Waals surface area contributed by atoms with E-state index in [1.165, 1.54) is 18.2 Å². The Bertz CT molecular complexity index is 661. The lowest BCUT2D eigenvalue weighted by atomic mass is 10.3. The number of ether oxygens (including phenoxy) is 1.